The molecule has 4 atom stereocenters. The summed E-state index contributed by atoms with van der Waals surface area (Å²) >= 11 is 0. The SMILES string of the molecule is C[C@@H]1Cc2c([nH]c3ccccc23)[C@@H](c2c(F)cc(N3CC(C(=O)N4CCN5c6ccc7c(c6OC[C@H]5C4)CN(C4CCC(=O)NC4=O)C7=O)C3)cc2F)N1CC(F)F. The molecule has 0 aliphatic carbocycles. The number of piperazine rings is 1. The minimum atomic E-state index is -2.70. The number of alkyl halides is 2. The Labute approximate surface area is 330 Å². The molecule has 6 aliphatic heterocycles. The lowest BCUT2D eigenvalue weighted by atomic mass is 9.87. The molecule has 2 N–H and O–H groups in total. The summed E-state index contributed by atoms with van der Waals surface area (Å²) < 4.78 is 66.5. The zero-order valence-electron chi connectivity index (χ0n) is 31.7. The zero-order valence-corrected chi connectivity index (χ0v) is 31.7. The highest BCUT2D eigenvalue weighted by Gasteiger charge is 2.45. The van der Waals surface area contributed by atoms with Gasteiger partial charge in [0.15, 0.2) is 0 Å². The number of rotatable bonds is 6. The minimum absolute atomic E-state index is 0.0520. The maximum absolute atomic E-state index is 16.2. The molecule has 4 amide bonds. The van der Waals surface area contributed by atoms with Crippen molar-refractivity contribution in [3.63, 3.8) is 0 Å². The van der Waals surface area contributed by atoms with Crippen molar-refractivity contribution in [2.75, 3.05) is 55.7 Å². The number of nitrogens with zero attached hydrogens (tertiary/aromatic N) is 5. The number of hydrogen-bond acceptors (Lipinski definition) is 8. The second-order valence-electron chi connectivity index (χ2n) is 16.3. The molecular formula is C42H41F4N7O5. The molecular weight excluding hydrogens is 758 g/mol. The number of imide groups is 1. The number of para-hydroxylation sites is 1. The smallest absolute Gasteiger partial charge is 0.255 e. The Hall–Kier alpha value is -5.64. The number of carbonyl (C=O) groups is 4. The number of aromatic amines is 1. The molecule has 7 heterocycles. The van der Waals surface area contributed by atoms with Gasteiger partial charge in [-0.3, -0.25) is 29.4 Å². The number of hydrogen-bond donors (Lipinski definition) is 2. The summed E-state index contributed by atoms with van der Waals surface area (Å²) in [6.07, 6.45) is -1.81. The van der Waals surface area contributed by atoms with E-state index in [9.17, 15) is 28.0 Å². The molecule has 4 aromatic rings. The summed E-state index contributed by atoms with van der Waals surface area (Å²) in [5.74, 6) is -2.60. The van der Waals surface area contributed by atoms with E-state index in [1.54, 1.807) is 17.9 Å². The van der Waals surface area contributed by atoms with Crippen LogP contribution in [-0.2, 0) is 27.3 Å². The quantitative estimate of drug-likeness (QED) is 0.218. The average molecular weight is 800 g/mol. The summed E-state index contributed by atoms with van der Waals surface area (Å²) in [5, 5.41) is 3.23. The Morgan fingerprint density at radius 3 is 2.50 bits per heavy atom. The lowest BCUT2D eigenvalue weighted by Gasteiger charge is -2.48. The second kappa shape index (κ2) is 13.7. The molecule has 302 valence electrons. The largest absolute Gasteiger partial charge is 0.489 e. The highest BCUT2D eigenvalue weighted by atomic mass is 19.3. The Balaban J connectivity index is 0.814. The molecule has 1 aromatic heterocycles. The Kier molecular flexibility index (Phi) is 8.69. The first-order valence-corrected chi connectivity index (χ1v) is 19.8. The van der Waals surface area contributed by atoms with Gasteiger partial charge in [0, 0.05) is 84.2 Å². The third kappa shape index (κ3) is 5.81. The third-order valence-electron chi connectivity index (χ3n) is 13.0. The Bertz CT molecular complexity index is 2380. The number of anilines is 2. The number of carbonyl (C=O) groups excluding carboxylic acids is 4. The van der Waals surface area contributed by atoms with Crippen LogP contribution in [0.2, 0.25) is 0 Å². The molecule has 3 fully saturated rings. The van der Waals surface area contributed by atoms with E-state index in [4.69, 9.17) is 4.74 Å². The topological polar surface area (TPSA) is 122 Å². The van der Waals surface area contributed by atoms with Gasteiger partial charge in [-0.05, 0) is 55.7 Å². The van der Waals surface area contributed by atoms with Gasteiger partial charge >= 0.3 is 0 Å². The van der Waals surface area contributed by atoms with Crippen LogP contribution in [0.4, 0.5) is 28.9 Å². The molecule has 0 bridgehead atoms. The number of fused-ring (bicyclic) bond motifs is 8. The molecule has 1 unspecified atom stereocenters. The van der Waals surface area contributed by atoms with Crippen LogP contribution in [0, 0.1) is 17.6 Å². The number of amides is 4. The van der Waals surface area contributed by atoms with Crippen LogP contribution in [-0.4, -0.2) is 114 Å². The van der Waals surface area contributed by atoms with Crippen LogP contribution in [0.3, 0.4) is 0 Å². The van der Waals surface area contributed by atoms with Gasteiger partial charge in [0.2, 0.25) is 17.7 Å². The fourth-order valence-electron chi connectivity index (χ4n) is 10.1. The van der Waals surface area contributed by atoms with E-state index in [1.807, 2.05) is 35.2 Å². The normalized spacial score (nSPS) is 24.7. The minimum Gasteiger partial charge on any atom is -0.489 e. The maximum Gasteiger partial charge on any atom is 0.255 e. The van der Waals surface area contributed by atoms with Crippen molar-refractivity contribution in [2.24, 2.45) is 5.92 Å². The van der Waals surface area contributed by atoms with E-state index in [0.29, 0.717) is 48.6 Å². The second-order valence-corrected chi connectivity index (χ2v) is 16.3. The van der Waals surface area contributed by atoms with Crippen molar-refractivity contribution in [1.29, 1.82) is 0 Å². The first kappa shape index (κ1) is 36.7. The van der Waals surface area contributed by atoms with Crippen LogP contribution < -0.4 is 19.9 Å². The Morgan fingerprint density at radius 2 is 1.74 bits per heavy atom. The third-order valence-corrected chi connectivity index (χ3v) is 13.0. The van der Waals surface area contributed by atoms with Gasteiger partial charge < -0.3 is 29.3 Å². The molecule has 0 saturated carbocycles. The van der Waals surface area contributed by atoms with E-state index in [2.05, 4.69) is 15.2 Å². The summed E-state index contributed by atoms with van der Waals surface area (Å²) in [5.41, 5.74) is 4.17. The molecule has 0 radical (unpaired) electrons. The van der Waals surface area contributed by atoms with E-state index < -0.39 is 48.6 Å². The molecule has 6 aliphatic rings. The lowest BCUT2D eigenvalue weighted by Crippen LogP contribution is -2.62. The van der Waals surface area contributed by atoms with E-state index in [0.717, 1.165) is 22.2 Å². The van der Waals surface area contributed by atoms with Crippen LogP contribution in [0.5, 0.6) is 5.75 Å². The molecule has 3 saturated heterocycles. The molecule has 16 heteroatoms. The van der Waals surface area contributed by atoms with Gasteiger partial charge in [0.05, 0.1) is 36.8 Å². The van der Waals surface area contributed by atoms with Crippen molar-refractivity contribution < 1.29 is 41.5 Å². The number of nitrogens with one attached hydrogen (secondary N) is 2. The van der Waals surface area contributed by atoms with Crippen molar-refractivity contribution in [3.05, 3.63) is 88.1 Å². The van der Waals surface area contributed by atoms with Crippen molar-refractivity contribution >= 4 is 45.9 Å². The fraction of sp³-hybridized carbons (Fsp3) is 0.429. The number of aromatic nitrogens is 1. The molecule has 3 aromatic carbocycles. The number of piperidine rings is 1. The van der Waals surface area contributed by atoms with E-state index in [1.165, 1.54) is 21.9 Å². The molecule has 0 spiro atoms. The van der Waals surface area contributed by atoms with Crippen molar-refractivity contribution in [3.8, 4) is 5.75 Å². The van der Waals surface area contributed by atoms with Crippen LogP contribution in [0.1, 0.15) is 58.5 Å². The van der Waals surface area contributed by atoms with Gasteiger partial charge in [0.1, 0.15) is 30.0 Å². The lowest BCUT2D eigenvalue weighted by molar-refractivity contribution is -0.138. The predicted molar refractivity (Wildman–Crippen MR) is 204 cm³/mol. The highest BCUT2D eigenvalue weighted by molar-refractivity contribution is 6.06. The fourth-order valence-corrected chi connectivity index (χ4v) is 10.1. The summed E-state index contributed by atoms with van der Waals surface area (Å²) in [7, 11) is 0. The highest BCUT2D eigenvalue weighted by Crippen LogP contribution is 2.46. The summed E-state index contributed by atoms with van der Waals surface area (Å²) in [4.78, 5) is 63.4. The monoisotopic (exact) mass is 799 g/mol. The van der Waals surface area contributed by atoms with Crippen LogP contribution >= 0.6 is 0 Å². The van der Waals surface area contributed by atoms with Gasteiger partial charge in [0.25, 0.3) is 12.3 Å². The average Bonchev–Trinajstić information content (AvgIpc) is 3.71. The van der Waals surface area contributed by atoms with E-state index >= 15 is 8.78 Å². The maximum atomic E-state index is 16.2. The molecule has 58 heavy (non-hydrogen) atoms. The van der Waals surface area contributed by atoms with Crippen LogP contribution in [0.25, 0.3) is 10.9 Å². The Morgan fingerprint density at radius 1 is 0.966 bits per heavy atom. The first-order chi connectivity index (χ1) is 27.9. The zero-order chi connectivity index (χ0) is 40.1. The number of halogens is 4. The number of benzene rings is 3. The van der Waals surface area contributed by atoms with Gasteiger partial charge in [-0.2, -0.15) is 0 Å². The summed E-state index contributed by atoms with van der Waals surface area (Å²) in [6, 6.07) is 11.3. The number of H-pyrrole nitrogens is 1. The standard InChI is InChI=1S/C42H41F4N7O5/c1-21-12-27-25-4-2-3-5-31(25)47-37(27)38(52(21)19-34(45)46)36-29(43)13-23(14-30(36)44)50-15-22(16-50)41(56)49-10-11-51-24(17-49)20-58-39-28-18-53(33-8-9-35(54)48-40(33)55)42(57)26(28)6-7-32(39)51/h2-7,13-14,21-22,24,33-34,38,47H,8-12,15-20H2,1H3,(H,48,54,55)/t21-,24-,33?,38-/m1/s1. The van der Waals surface area contributed by atoms with E-state index in [-0.39, 0.29) is 80.0 Å². The molecule has 12 nitrogen and oxygen atoms in total. The van der Waals surface area contributed by atoms with Crippen molar-refractivity contribution in [1.82, 2.24) is 25.0 Å². The molecule has 10 rings (SSSR count). The first-order valence-electron chi connectivity index (χ1n) is 19.8. The van der Waals surface area contributed by atoms with Gasteiger partial charge in [-0.25, -0.2) is 17.6 Å². The number of ether oxygens (including phenoxy) is 1. The summed E-state index contributed by atoms with van der Waals surface area (Å²) in [6.45, 7) is 3.59. The van der Waals surface area contributed by atoms with Crippen molar-refractivity contribution in [2.45, 2.75) is 63.3 Å². The van der Waals surface area contributed by atoms with Gasteiger partial charge in [-0.15, -0.1) is 0 Å². The predicted octanol–water partition coefficient (Wildman–Crippen LogP) is 4.35. The van der Waals surface area contributed by atoms with Gasteiger partial charge in [-0.1, -0.05) is 18.2 Å². The van der Waals surface area contributed by atoms with Crippen LogP contribution in [0.15, 0.2) is 48.5 Å².